The van der Waals surface area contributed by atoms with Gasteiger partial charge in [0.1, 0.15) is 0 Å². The summed E-state index contributed by atoms with van der Waals surface area (Å²) in [4.78, 5) is 1.15. The van der Waals surface area contributed by atoms with Crippen molar-refractivity contribution in [3.05, 3.63) is 22.4 Å². The highest BCUT2D eigenvalue weighted by atomic mass is 32.1. The van der Waals surface area contributed by atoms with E-state index in [1.165, 1.54) is 0 Å². The van der Waals surface area contributed by atoms with E-state index in [4.69, 9.17) is 12.2 Å². The van der Waals surface area contributed by atoms with Crippen molar-refractivity contribution >= 4 is 34.4 Å². The van der Waals surface area contributed by atoms with Gasteiger partial charge >= 0.3 is 0 Å². The van der Waals surface area contributed by atoms with E-state index in [1.807, 2.05) is 24.4 Å². The van der Waals surface area contributed by atoms with E-state index < -0.39 is 0 Å². The largest absolute Gasteiger partial charge is 0.361 e. The average molecular weight is 255 g/mol. The molecule has 0 fully saturated rings. The number of rotatable bonds is 4. The van der Waals surface area contributed by atoms with Crippen molar-refractivity contribution in [2.75, 3.05) is 6.54 Å². The monoisotopic (exact) mass is 255 g/mol. The summed E-state index contributed by atoms with van der Waals surface area (Å²) in [6, 6.07) is 4.05. The molecule has 1 heterocycles. The van der Waals surface area contributed by atoms with Gasteiger partial charge in [-0.25, -0.2) is 0 Å². The molecule has 16 heavy (non-hydrogen) atoms. The molecule has 5 heteroatoms. The summed E-state index contributed by atoms with van der Waals surface area (Å²) in [5.41, 5.74) is 3.79. The Labute approximate surface area is 106 Å². The Hall–Kier alpha value is -0.940. The van der Waals surface area contributed by atoms with E-state index in [0.717, 1.165) is 17.1 Å². The van der Waals surface area contributed by atoms with E-state index in [9.17, 15) is 0 Å². The van der Waals surface area contributed by atoms with Crippen molar-refractivity contribution in [3.63, 3.8) is 0 Å². The molecule has 0 aliphatic rings. The van der Waals surface area contributed by atoms with E-state index in [2.05, 4.69) is 29.7 Å². The summed E-state index contributed by atoms with van der Waals surface area (Å²) in [7, 11) is 0. The molecule has 0 bridgehead atoms. The fraction of sp³-hybridized carbons (Fsp3) is 0.455. The molecule has 0 radical (unpaired) electrons. The minimum absolute atomic E-state index is 0.571. The topological polar surface area (TPSA) is 36.4 Å². The third-order valence-corrected chi connectivity index (χ3v) is 3.09. The van der Waals surface area contributed by atoms with Crippen LogP contribution in [-0.4, -0.2) is 17.4 Å². The predicted octanol–water partition coefficient (Wildman–Crippen LogP) is 2.59. The van der Waals surface area contributed by atoms with Gasteiger partial charge in [0.2, 0.25) is 0 Å². The molecule has 1 rings (SSSR count). The zero-order valence-electron chi connectivity index (χ0n) is 9.78. The zero-order valence-corrected chi connectivity index (χ0v) is 11.4. The van der Waals surface area contributed by atoms with Gasteiger partial charge in [-0.3, -0.25) is 5.43 Å². The average Bonchev–Trinajstić information content (AvgIpc) is 2.76. The number of nitrogens with one attached hydrogen (secondary N) is 2. The smallest absolute Gasteiger partial charge is 0.186 e. The van der Waals surface area contributed by atoms with E-state index in [1.54, 1.807) is 11.3 Å². The number of thiophene rings is 1. The zero-order chi connectivity index (χ0) is 12.0. The Kier molecular flexibility index (Phi) is 5.42. The molecule has 0 unspecified atom stereocenters. The second-order valence-corrected chi connectivity index (χ2v) is 5.25. The van der Waals surface area contributed by atoms with Gasteiger partial charge in [-0.1, -0.05) is 19.9 Å². The summed E-state index contributed by atoms with van der Waals surface area (Å²) in [6.45, 7) is 7.09. The van der Waals surface area contributed by atoms with Gasteiger partial charge in [-0.05, 0) is 36.5 Å². The molecule has 0 spiro atoms. The van der Waals surface area contributed by atoms with Crippen LogP contribution in [0.4, 0.5) is 0 Å². The fourth-order valence-corrected chi connectivity index (χ4v) is 1.82. The molecule has 0 aliphatic carbocycles. The molecule has 0 atom stereocenters. The first-order valence-electron chi connectivity index (χ1n) is 5.21. The second-order valence-electron chi connectivity index (χ2n) is 3.89. The minimum atomic E-state index is 0.571. The first kappa shape index (κ1) is 13.1. The predicted molar refractivity (Wildman–Crippen MR) is 75.1 cm³/mol. The van der Waals surface area contributed by atoms with Gasteiger partial charge in [0.05, 0.1) is 5.71 Å². The Bertz CT molecular complexity index is 355. The van der Waals surface area contributed by atoms with Gasteiger partial charge in [0.25, 0.3) is 0 Å². The lowest BCUT2D eigenvalue weighted by atomic mass is 10.2. The van der Waals surface area contributed by atoms with Crippen LogP contribution in [0.1, 0.15) is 25.6 Å². The number of hydrazone groups is 1. The van der Waals surface area contributed by atoms with Crippen molar-refractivity contribution in [2.45, 2.75) is 20.8 Å². The summed E-state index contributed by atoms with van der Waals surface area (Å²) >= 11 is 6.76. The summed E-state index contributed by atoms with van der Waals surface area (Å²) in [6.07, 6.45) is 0. The van der Waals surface area contributed by atoms with E-state index >= 15 is 0 Å². The normalized spacial score (nSPS) is 11.6. The van der Waals surface area contributed by atoms with Gasteiger partial charge in [-0.2, -0.15) is 5.10 Å². The van der Waals surface area contributed by atoms with Gasteiger partial charge < -0.3 is 5.32 Å². The molecular formula is C11H17N3S2. The van der Waals surface area contributed by atoms with Crippen LogP contribution in [0.3, 0.4) is 0 Å². The summed E-state index contributed by atoms with van der Waals surface area (Å²) in [5, 5.41) is 9.92. The molecule has 1 aromatic rings. The van der Waals surface area contributed by atoms with Crippen molar-refractivity contribution in [2.24, 2.45) is 11.0 Å². The summed E-state index contributed by atoms with van der Waals surface area (Å²) in [5.74, 6) is 0.571. The lowest BCUT2D eigenvalue weighted by molar-refractivity contribution is 0.621. The maximum absolute atomic E-state index is 5.09. The lowest BCUT2D eigenvalue weighted by Crippen LogP contribution is -2.34. The van der Waals surface area contributed by atoms with Crippen LogP contribution in [0.5, 0.6) is 0 Å². The maximum atomic E-state index is 5.09. The molecule has 0 aliphatic heterocycles. The van der Waals surface area contributed by atoms with Crippen LogP contribution in [0.2, 0.25) is 0 Å². The minimum Gasteiger partial charge on any atom is -0.361 e. The summed E-state index contributed by atoms with van der Waals surface area (Å²) < 4.78 is 0. The first-order chi connectivity index (χ1) is 7.59. The quantitative estimate of drug-likeness (QED) is 0.493. The first-order valence-corrected chi connectivity index (χ1v) is 6.50. The molecule has 88 valence electrons. The number of hydrogen-bond acceptors (Lipinski definition) is 3. The van der Waals surface area contributed by atoms with Gasteiger partial charge in [0, 0.05) is 11.4 Å². The van der Waals surface area contributed by atoms with Gasteiger partial charge in [0.15, 0.2) is 5.11 Å². The van der Waals surface area contributed by atoms with Crippen LogP contribution in [0.25, 0.3) is 0 Å². The third kappa shape index (κ3) is 4.72. The molecule has 0 amide bonds. The molecule has 0 aromatic carbocycles. The Balaban J connectivity index is 2.38. The molecule has 2 N–H and O–H groups in total. The molecule has 0 saturated carbocycles. The second kappa shape index (κ2) is 6.60. The van der Waals surface area contributed by atoms with Gasteiger partial charge in [-0.15, -0.1) is 11.3 Å². The van der Waals surface area contributed by atoms with Crippen molar-refractivity contribution < 1.29 is 0 Å². The van der Waals surface area contributed by atoms with Crippen molar-refractivity contribution in [1.29, 1.82) is 0 Å². The van der Waals surface area contributed by atoms with Crippen LogP contribution < -0.4 is 10.7 Å². The molecular weight excluding hydrogens is 238 g/mol. The number of hydrogen-bond donors (Lipinski definition) is 2. The molecule has 3 nitrogen and oxygen atoms in total. The highest BCUT2D eigenvalue weighted by Gasteiger charge is 1.99. The third-order valence-electron chi connectivity index (χ3n) is 1.87. The fourth-order valence-electron chi connectivity index (χ4n) is 1.01. The van der Waals surface area contributed by atoms with Crippen LogP contribution in [0.15, 0.2) is 22.6 Å². The van der Waals surface area contributed by atoms with Crippen molar-refractivity contribution in [3.8, 4) is 0 Å². The Morgan fingerprint density at radius 1 is 1.56 bits per heavy atom. The Morgan fingerprint density at radius 2 is 2.31 bits per heavy atom. The standard InChI is InChI=1S/C11H17N3S2/c1-8(2)7-12-11(15)14-13-9(3)10-5-4-6-16-10/h4-6,8H,7H2,1-3H3,(H2,12,14,15). The highest BCUT2D eigenvalue weighted by Crippen LogP contribution is 2.08. The van der Waals surface area contributed by atoms with Crippen LogP contribution in [-0.2, 0) is 0 Å². The molecule has 1 aromatic heterocycles. The highest BCUT2D eigenvalue weighted by molar-refractivity contribution is 7.80. The van der Waals surface area contributed by atoms with Crippen LogP contribution >= 0.6 is 23.6 Å². The van der Waals surface area contributed by atoms with Crippen LogP contribution in [0, 0.1) is 5.92 Å². The Morgan fingerprint density at radius 3 is 2.88 bits per heavy atom. The lowest BCUT2D eigenvalue weighted by Gasteiger charge is -2.09. The number of nitrogens with zero attached hydrogens (tertiary/aromatic N) is 1. The molecule has 0 saturated heterocycles. The SMILES string of the molecule is CC(=NNC(=S)NCC(C)C)c1cccs1. The van der Waals surface area contributed by atoms with E-state index in [0.29, 0.717) is 11.0 Å². The van der Waals surface area contributed by atoms with Crippen molar-refractivity contribution in [1.82, 2.24) is 10.7 Å². The van der Waals surface area contributed by atoms with E-state index in [-0.39, 0.29) is 0 Å². The maximum Gasteiger partial charge on any atom is 0.186 e. The number of thiocarbonyl (C=S) groups is 1.